The van der Waals surface area contributed by atoms with Crippen molar-refractivity contribution in [3.8, 4) is 0 Å². The van der Waals surface area contributed by atoms with Crippen LogP contribution in [0.4, 0.5) is 0 Å². The van der Waals surface area contributed by atoms with Crippen LogP contribution in [0.15, 0.2) is 12.1 Å². The van der Waals surface area contributed by atoms with Gasteiger partial charge >= 0.3 is 5.97 Å². The fourth-order valence-electron chi connectivity index (χ4n) is 1.81. The second kappa shape index (κ2) is 4.91. The van der Waals surface area contributed by atoms with Crippen LogP contribution in [0.3, 0.4) is 0 Å². The molecule has 0 aliphatic heterocycles. The van der Waals surface area contributed by atoms with Gasteiger partial charge in [-0.1, -0.05) is 0 Å². The van der Waals surface area contributed by atoms with E-state index in [4.69, 9.17) is 5.11 Å². The van der Waals surface area contributed by atoms with Crippen LogP contribution in [0.5, 0.6) is 0 Å². The van der Waals surface area contributed by atoms with Crippen LogP contribution in [0, 0.1) is 0 Å². The smallest absolute Gasteiger partial charge is 0.336 e. The Bertz CT molecular complexity index is 518. The molecule has 0 fully saturated rings. The highest BCUT2D eigenvalue weighted by molar-refractivity contribution is 6.17. The highest BCUT2D eigenvalue weighted by Gasteiger charge is 2.24. The molecule has 1 N–H and O–H groups in total. The third-order valence-electron chi connectivity index (χ3n) is 2.52. The third kappa shape index (κ3) is 2.34. The Hall–Kier alpha value is -2.30. The van der Waals surface area contributed by atoms with E-state index in [1.54, 1.807) is 0 Å². The zero-order valence-electron chi connectivity index (χ0n) is 10.2. The summed E-state index contributed by atoms with van der Waals surface area (Å²) in [6.07, 6.45) is 0. The number of Topliss-reactive ketones (excluding diaryl/α,β-unsaturated/α-hetero) is 3. The normalized spacial score (nSPS) is 9.94. The maximum atomic E-state index is 11.6. The van der Waals surface area contributed by atoms with E-state index in [9.17, 15) is 19.2 Å². The monoisotopic (exact) mass is 248 g/mol. The first kappa shape index (κ1) is 13.8. The summed E-state index contributed by atoms with van der Waals surface area (Å²) in [6.45, 7) is 3.62. The summed E-state index contributed by atoms with van der Waals surface area (Å²) in [5.74, 6) is -2.76. The van der Waals surface area contributed by atoms with Crippen molar-refractivity contribution in [1.29, 1.82) is 0 Å². The molecule has 0 amide bonds. The number of carboxylic acid groups (broad SMARTS) is 1. The highest BCUT2D eigenvalue weighted by atomic mass is 16.4. The number of carbonyl (C=O) groups is 4. The second-order valence-corrected chi connectivity index (χ2v) is 3.88. The lowest BCUT2D eigenvalue weighted by atomic mass is 9.90. The lowest BCUT2D eigenvalue weighted by Crippen LogP contribution is -2.16. The van der Waals surface area contributed by atoms with Gasteiger partial charge in [-0.15, -0.1) is 0 Å². The number of ketones is 3. The van der Waals surface area contributed by atoms with Gasteiger partial charge in [-0.3, -0.25) is 14.4 Å². The molecule has 0 saturated heterocycles. The van der Waals surface area contributed by atoms with Gasteiger partial charge in [-0.25, -0.2) is 4.79 Å². The standard InChI is InChI=1S/C13H12O5/c1-6(14)9-4-5-10(13(17)18)12(8(3)16)11(9)7(2)15/h4-5H,1-3H3,(H,17,18). The van der Waals surface area contributed by atoms with Crippen molar-refractivity contribution in [2.45, 2.75) is 20.8 Å². The predicted molar refractivity (Wildman–Crippen MR) is 63.4 cm³/mol. The first-order valence-electron chi connectivity index (χ1n) is 5.20. The van der Waals surface area contributed by atoms with Crippen molar-refractivity contribution in [2.75, 3.05) is 0 Å². The van der Waals surface area contributed by atoms with Gasteiger partial charge in [0, 0.05) is 16.7 Å². The van der Waals surface area contributed by atoms with Gasteiger partial charge in [-0.05, 0) is 32.9 Å². The molecule has 94 valence electrons. The van der Waals surface area contributed by atoms with Crippen molar-refractivity contribution >= 4 is 23.3 Å². The van der Waals surface area contributed by atoms with Crippen LogP contribution in [-0.4, -0.2) is 28.4 Å². The lowest BCUT2D eigenvalue weighted by molar-refractivity contribution is 0.0691. The summed E-state index contributed by atoms with van der Waals surface area (Å²) in [5.41, 5.74) is -0.520. The Labute approximate surface area is 103 Å². The average molecular weight is 248 g/mol. The molecule has 5 heteroatoms. The largest absolute Gasteiger partial charge is 0.478 e. The first-order valence-corrected chi connectivity index (χ1v) is 5.20. The molecule has 0 saturated carbocycles. The van der Waals surface area contributed by atoms with Crippen LogP contribution < -0.4 is 0 Å². The molecule has 0 atom stereocenters. The maximum absolute atomic E-state index is 11.6. The van der Waals surface area contributed by atoms with Gasteiger partial charge in [0.1, 0.15) is 0 Å². The molecule has 18 heavy (non-hydrogen) atoms. The molecule has 1 aromatic rings. The summed E-state index contributed by atoms with van der Waals surface area (Å²) in [4.78, 5) is 45.6. The fourth-order valence-corrected chi connectivity index (χ4v) is 1.81. The molecule has 1 rings (SSSR count). The number of hydrogen-bond donors (Lipinski definition) is 1. The predicted octanol–water partition coefficient (Wildman–Crippen LogP) is 1.99. The summed E-state index contributed by atoms with van der Waals surface area (Å²) in [6, 6.07) is 2.43. The van der Waals surface area contributed by atoms with Crippen LogP contribution in [0.1, 0.15) is 62.2 Å². The first-order chi connectivity index (χ1) is 8.27. The number of carboxylic acids is 1. The van der Waals surface area contributed by atoms with Gasteiger partial charge in [-0.2, -0.15) is 0 Å². The number of hydrogen-bond acceptors (Lipinski definition) is 4. The Morgan fingerprint density at radius 3 is 1.50 bits per heavy atom. The average Bonchev–Trinajstić information content (AvgIpc) is 2.26. The summed E-state index contributed by atoms with van der Waals surface area (Å²) < 4.78 is 0. The van der Waals surface area contributed by atoms with Crippen molar-refractivity contribution in [3.63, 3.8) is 0 Å². The lowest BCUT2D eigenvalue weighted by Gasteiger charge is -2.11. The second-order valence-electron chi connectivity index (χ2n) is 3.88. The summed E-state index contributed by atoms with van der Waals surface area (Å²) >= 11 is 0. The molecule has 0 aliphatic carbocycles. The van der Waals surface area contributed by atoms with Crippen LogP contribution in [-0.2, 0) is 0 Å². The minimum Gasteiger partial charge on any atom is -0.478 e. The minimum atomic E-state index is -1.31. The maximum Gasteiger partial charge on any atom is 0.336 e. The van der Waals surface area contributed by atoms with E-state index < -0.39 is 17.5 Å². The molecule has 0 bridgehead atoms. The van der Waals surface area contributed by atoms with E-state index in [2.05, 4.69) is 0 Å². The van der Waals surface area contributed by atoms with E-state index >= 15 is 0 Å². The molecule has 0 unspecified atom stereocenters. The Morgan fingerprint density at radius 1 is 0.778 bits per heavy atom. The van der Waals surface area contributed by atoms with Crippen LogP contribution in [0.25, 0.3) is 0 Å². The molecule has 0 aliphatic rings. The van der Waals surface area contributed by atoms with Crippen LogP contribution >= 0.6 is 0 Å². The Morgan fingerprint density at radius 2 is 1.17 bits per heavy atom. The molecule has 0 heterocycles. The van der Waals surface area contributed by atoms with E-state index in [1.807, 2.05) is 0 Å². The Balaban J connectivity index is 3.82. The topological polar surface area (TPSA) is 88.5 Å². The third-order valence-corrected chi connectivity index (χ3v) is 2.52. The van der Waals surface area contributed by atoms with Crippen LogP contribution in [0.2, 0.25) is 0 Å². The van der Waals surface area contributed by atoms with Gasteiger partial charge in [0.2, 0.25) is 0 Å². The number of benzene rings is 1. The molecular formula is C13H12O5. The van der Waals surface area contributed by atoms with E-state index in [0.717, 1.165) is 6.92 Å². The summed E-state index contributed by atoms with van der Waals surface area (Å²) in [5, 5.41) is 9.00. The van der Waals surface area contributed by atoms with Crippen molar-refractivity contribution in [2.24, 2.45) is 0 Å². The van der Waals surface area contributed by atoms with E-state index in [0.29, 0.717) is 0 Å². The quantitative estimate of drug-likeness (QED) is 0.823. The number of carbonyl (C=O) groups excluding carboxylic acids is 3. The molecule has 0 spiro atoms. The van der Waals surface area contributed by atoms with Gasteiger partial charge < -0.3 is 5.11 Å². The zero-order chi connectivity index (χ0) is 14.0. The van der Waals surface area contributed by atoms with E-state index in [-0.39, 0.29) is 28.0 Å². The zero-order valence-corrected chi connectivity index (χ0v) is 10.2. The van der Waals surface area contributed by atoms with Crippen molar-refractivity contribution < 1.29 is 24.3 Å². The molecule has 0 aromatic heterocycles. The minimum absolute atomic E-state index is 0.0673. The molecule has 1 aromatic carbocycles. The van der Waals surface area contributed by atoms with Crippen molar-refractivity contribution in [3.05, 3.63) is 34.4 Å². The van der Waals surface area contributed by atoms with Crippen molar-refractivity contribution in [1.82, 2.24) is 0 Å². The van der Waals surface area contributed by atoms with Gasteiger partial charge in [0.05, 0.1) is 5.56 Å². The summed E-state index contributed by atoms with van der Waals surface area (Å²) in [7, 11) is 0. The van der Waals surface area contributed by atoms with Gasteiger partial charge in [0.15, 0.2) is 17.3 Å². The highest BCUT2D eigenvalue weighted by Crippen LogP contribution is 2.22. The molecule has 0 radical (unpaired) electrons. The SMILES string of the molecule is CC(=O)c1ccc(C(=O)O)c(C(C)=O)c1C(C)=O. The fraction of sp³-hybridized carbons (Fsp3) is 0.231. The Kier molecular flexibility index (Phi) is 3.76. The number of aromatic carboxylic acids is 1. The number of rotatable bonds is 4. The van der Waals surface area contributed by atoms with E-state index in [1.165, 1.54) is 26.0 Å². The molecular weight excluding hydrogens is 236 g/mol. The molecule has 5 nitrogen and oxygen atoms in total. The van der Waals surface area contributed by atoms with Gasteiger partial charge in [0.25, 0.3) is 0 Å².